The van der Waals surface area contributed by atoms with E-state index in [1.54, 1.807) is 42.5 Å². The number of benzene rings is 3. The largest absolute Gasteiger partial charge is 0.497 e. The van der Waals surface area contributed by atoms with Crippen LogP contribution in [0, 0.1) is 11.7 Å². The number of methoxy groups -OCH3 is 2. The summed E-state index contributed by atoms with van der Waals surface area (Å²) in [6.07, 6.45) is 3.56. The van der Waals surface area contributed by atoms with E-state index in [1.165, 1.54) is 33.3 Å². The maximum Gasteiger partial charge on any atom is 0.238 e. The Balaban J connectivity index is 1.66. The molecule has 3 heterocycles. The van der Waals surface area contributed by atoms with E-state index in [9.17, 15) is 18.8 Å². The van der Waals surface area contributed by atoms with E-state index in [-0.39, 0.29) is 17.3 Å². The lowest BCUT2D eigenvalue weighted by Crippen LogP contribution is -2.51. The number of carbonyl (C=O) groups excluding carboxylic acids is 3. The molecular formula is C30H25FN2O5. The van der Waals surface area contributed by atoms with Crippen LogP contribution in [0.4, 0.5) is 15.8 Å². The summed E-state index contributed by atoms with van der Waals surface area (Å²) in [5.74, 6) is -1.85. The van der Waals surface area contributed by atoms with Gasteiger partial charge in [0.05, 0.1) is 37.8 Å². The molecule has 0 aromatic heterocycles. The van der Waals surface area contributed by atoms with Gasteiger partial charge in [0.25, 0.3) is 0 Å². The molecule has 0 unspecified atom stereocenters. The van der Waals surface area contributed by atoms with E-state index in [1.807, 2.05) is 23.1 Å². The number of nitrogens with zero attached hydrogens (tertiary/aromatic N) is 1. The summed E-state index contributed by atoms with van der Waals surface area (Å²) in [5, 5.41) is 2.96. The smallest absolute Gasteiger partial charge is 0.238 e. The molecular weight excluding hydrogens is 487 g/mol. The van der Waals surface area contributed by atoms with Gasteiger partial charge in [0.15, 0.2) is 11.6 Å². The number of hydrogen-bond acceptors (Lipinski definition) is 6. The molecule has 8 heteroatoms. The van der Waals surface area contributed by atoms with Crippen molar-refractivity contribution in [2.45, 2.75) is 24.4 Å². The molecule has 1 fully saturated rings. The van der Waals surface area contributed by atoms with E-state index in [2.05, 4.69) is 5.32 Å². The summed E-state index contributed by atoms with van der Waals surface area (Å²) in [6.45, 7) is 1.42. The SMILES string of the molecule is COc1ccc(OC)c(C(=O)[C@@H]2[C@H](C(C)=O)N3c4ccc(F)cc4C=C[C@H]3[C@]23C(=O)Nc2ccccc23)c1. The Bertz CT molecular complexity index is 1550. The van der Waals surface area contributed by atoms with Gasteiger partial charge in [-0.1, -0.05) is 30.4 Å². The van der Waals surface area contributed by atoms with Gasteiger partial charge in [0, 0.05) is 16.9 Å². The molecule has 0 radical (unpaired) electrons. The monoisotopic (exact) mass is 512 g/mol. The molecule has 1 saturated heterocycles. The molecule has 1 spiro atoms. The van der Waals surface area contributed by atoms with E-state index in [0.29, 0.717) is 34.0 Å². The highest BCUT2D eigenvalue weighted by molar-refractivity contribution is 6.17. The highest BCUT2D eigenvalue weighted by Crippen LogP contribution is 2.58. The topological polar surface area (TPSA) is 84.9 Å². The van der Waals surface area contributed by atoms with Crippen molar-refractivity contribution in [3.8, 4) is 11.5 Å². The van der Waals surface area contributed by atoms with Gasteiger partial charge in [0.2, 0.25) is 5.91 Å². The van der Waals surface area contributed by atoms with Crippen LogP contribution >= 0.6 is 0 Å². The van der Waals surface area contributed by atoms with Crippen molar-refractivity contribution in [3.63, 3.8) is 0 Å². The van der Waals surface area contributed by atoms with Crippen molar-refractivity contribution in [1.82, 2.24) is 0 Å². The minimum Gasteiger partial charge on any atom is -0.497 e. The quantitative estimate of drug-likeness (QED) is 0.510. The Morgan fingerprint density at radius 2 is 1.82 bits per heavy atom. The lowest BCUT2D eigenvalue weighted by molar-refractivity contribution is -0.122. The normalized spacial score (nSPS) is 24.5. The van der Waals surface area contributed by atoms with Gasteiger partial charge in [-0.3, -0.25) is 14.4 Å². The van der Waals surface area contributed by atoms with Gasteiger partial charge in [-0.05, 0) is 55.0 Å². The van der Waals surface area contributed by atoms with E-state index < -0.39 is 35.0 Å². The second-order valence-corrected chi connectivity index (χ2v) is 9.75. The van der Waals surface area contributed by atoms with Gasteiger partial charge in [-0.15, -0.1) is 0 Å². The van der Waals surface area contributed by atoms with E-state index in [0.717, 1.165) is 0 Å². The number of anilines is 2. The highest BCUT2D eigenvalue weighted by Gasteiger charge is 2.70. The van der Waals surface area contributed by atoms with Gasteiger partial charge in [0.1, 0.15) is 22.7 Å². The average Bonchev–Trinajstić information content (AvgIpc) is 3.40. The number of ketones is 2. The van der Waals surface area contributed by atoms with Crippen LogP contribution in [0.15, 0.2) is 66.7 Å². The predicted octanol–water partition coefficient (Wildman–Crippen LogP) is 4.41. The molecule has 38 heavy (non-hydrogen) atoms. The Morgan fingerprint density at radius 1 is 1.03 bits per heavy atom. The number of halogens is 1. The fraction of sp³-hybridized carbons (Fsp3) is 0.233. The van der Waals surface area contributed by atoms with Crippen LogP contribution in [0.1, 0.15) is 28.4 Å². The molecule has 0 aliphatic carbocycles. The van der Waals surface area contributed by atoms with Crippen LogP contribution in [0.2, 0.25) is 0 Å². The van der Waals surface area contributed by atoms with E-state index >= 15 is 0 Å². The third-order valence-electron chi connectivity index (χ3n) is 7.97. The van der Waals surface area contributed by atoms with Crippen molar-refractivity contribution < 1.29 is 28.2 Å². The molecule has 1 N–H and O–H groups in total. The van der Waals surface area contributed by atoms with Crippen molar-refractivity contribution in [2.75, 3.05) is 24.4 Å². The molecule has 3 aromatic carbocycles. The Kier molecular flexibility index (Phi) is 5.38. The first-order valence-corrected chi connectivity index (χ1v) is 12.3. The number of fused-ring (bicyclic) bond motifs is 6. The molecule has 0 bridgehead atoms. The highest BCUT2D eigenvalue weighted by atomic mass is 19.1. The van der Waals surface area contributed by atoms with Gasteiger partial charge >= 0.3 is 0 Å². The number of rotatable bonds is 5. The summed E-state index contributed by atoms with van der Waals surface area (Å²) in [6, 6.07) is 14.7. The lowest BCUT2D eigenvalue weighted by Gasteiger charge is -2.37. The zero-order valence-electron chi connectivity index (χ0n) is 21.0. The number of hydrogen-bond donors (Lipinski definition) is 1. The predicted molar refractivity (Wildman–Crippen MR) is 140 cm³/mol. The van der Waals surface area contributed by atoms with Crippen molar-refractivity contribution >= 4 is 34.9 Å². The fourth-order valence-corrected chi connectivity index (χ4v) is 6.48. The molecule has 3 aliphatic rings. The molecule has 0 saturated carbocycles. The van der Waals surface area contributed by atoms with Crippen LogP contribution < -0.4 is 19.7 Å². The standard InChI is InChI=1S/C30H25FN2O5/c1-16(34)27-26(28(35)20-15-19(37-2)10-12-24(20)38-3)30(21-6-4-5-7-22(21)32-29(30)36)25-13-8-17-14-18(31)9-11-23(17)33(25)27/h4-15,25-27H,1-3H3,(H,32,36)/t25-,26-,27-,30-/m0/s1. The van der Waals surface area contributed by atoms with Crippen molar-refractivity contribution in [2.24, 2.45) is 5.92 Å². The second kappa shape index (κ2) is 8.55. The first kappa shape index (κ1) is 23.9. The zero-order valence-corrected chi connectivity index (χ0v) is 21.0. The van der Waals surface area contributed by atoms with Crippen molar-refractivity contribution in [1.29, 1.82) is 0 Å². The maximum atomic E-state index is 14.7. The van der Waals surface area contributed by atoms with Gasteiger partial charge in [-0.2, -0.15) is 0 Å². The molecule has 3 aromatic rings. The third kappa shape index (κ3) is 3.09. The van der Waals surface area contributed by atoms with Crippen molar-refractivity contribution in [3.05, 3.63) is 89.2 Å². The minimum absolute atomic E-state index is 0.211. The molecule has 3 aliphatic heterocycles. The van der Waals surface area contributed by atoms with Crippen LogP contribution in [-0.4, -0.2) is 43.8 Å². The first-order chi connectivity index (χ1) is 18.3. The summed E-state index contributed by atoms with van der Waals surface area (Å²) >= 11 is 0. The van der Waals surface area contributed by atoms with Gasteiger partial charge in [-0.25, -0.2) is 4.39 Å². The summed E-state index contributed by atoms with van der Waals surface area (Å²) < 4.78 is 25.1. The Labute approximate surface area is 218 Å². The molecule has 7 nitrogen and oxygen atoms in total. The number of Topliss-reactive ketones (excluding diaryl/α,β-unsaturated/α-hetero) is 2. The second-order valence-electron chi connectivity index (χ2n) is 9.75. The average molecular weight is 513 g/mol. The van der Waals surface area contributed by atoms with Crippen LogP contribution in [0.5, 0.6) is 11.5 Å². The zero-order chi connectivity index (χ0) is 26.8. The van der Waals surface area contributed by atoms with Crippen LogP contribution in [0.3, 0.4) is 0 Å². The van der Waals surface area contributed by atoms with Crippen LogP contribution in [0.25, 0.3) is 6.08 Å². The Hall–Kier alpha value is -4.46. The number of para-hydroxylation sites is 1. The number of ether oxygens (including phenoxy) is 2. The summed E-state index contributed by atoms with van der Waals surface area (Å²) in [5.41, 5.74) is 1.17. The number of carbonyl (C=O) groups is 3. The fourth-order valence-electron chi connectivity index (χ4n) is 6.48. The molecule has 4 atom stereocenters. The summed E-state index contributed by atoms with van der Waals surface area (Å²) in [7, 11) is 2.95. The number of nitrogens with one attached hydrogen (secondary N) is 1. The summed E-state index contributed by atoms with van der Waals surface area (Å²) in [4.78, 5) is 44.1. The third-order valence-corrected chi connectivity index (χ3v) is 7.97. The van der Waals surface area contributed by atoms with Gasteiger partial charge < -0.3 is 19.7 Å². The molecule has 192 valence electrons. The molecule has 1 amide bonds. The number of amides is 1. The minimum atomic E-state index is -1.43. The molecule has 6 rings (SSSR count). The van der Waals surface area contributed by atoms with E-state index in [4.69, 9.17) is 9.47 Å². The first-order valence-electron chi connectivity index (χ1n) is 12.3. The van der Waals surface area contributed by atoms with Crippen LogP contribution in [-0.2, 0) is 15.0 Å². The maximum absolute atomic E-state index is 14.7. The Morgan fingerprint density at radius 3 is 2.55 bits per heavy atom. The lowest BCUT2D eigenvalue weighted by atomic mass is 9.64.